The van der Waals surface area contributed by atoms with Crippen LogP contribution >= 0.6 is 15.9 Å². The molecule has 1 aromatic heterocycles. The molecule has 156 valence electrons. The molecule has 30 heavy (non-hydrogen) atoms. The molecule has 0 aliphatic heterocycles. The van der Waals surface area contributed by atoms with E-state index in [0.717, 1.165) is 15.7 Å². The standard InChI is InChI=1S/C22H22BrN3O4/c1-14-11-18(27)21(25-26(14)16-7-5-4-6-8-16)22(28)24-10-9-15-12-19(29-2)20(30-3)13-17(15)23/h4-8,11-13H,9-10H2,1-3H3,(H,24,28). The summed E-state index contributed by atoms with van der Waals surface area (Å²) in [7, 11) is 3.14. The number of hydrogen-bond acceptors (Lipinski definition) is 5. The van der Waals surface area contributed by atoms with E-state index in [0.29, 0.717) is 30.2 Å². The van der Waals surface area contributed by atoms with Crippen LogP contribution in [0.15, 0.2) is 57.8 Å². The highest BCUT2D eigenvalue weighted by atomic mass is 79.9. The van der Waals surface area contributed by atoms with Gasteiger partial charge in [-0.1, -0.05) is 34.1 Å². The topological polar surface area (TPSA) is 82.5 Å². The Morgan fingerprint density at radius 3 is 2.43 bits per heavy atom. The average molecular weight is 472 g/mol. The van der Waals surface area contributed by atoms with Crippen molar-refractivity contribution in [1.29, 1.82) is 0 Å². The second-order valence-electron chi connectivity index (χ2n) is 6.55. The first kappa shape index (κ1) is 21.6. The van der Waals surface area contributed by atoms with Gasteiger partial charge in [-0.25, -0.2) is 4.68 Å². The summed E-state index contributed by atoms with van der Waals surface area (Å²) in [4.78, 5) is 24.9. The smallest absolute Gasteiger partial charge is 0.275 e. The van der Waals surface area contributed by atoms with Gasteiger partial charge in [0.05, 0.1) is 19.9 Å². The SMILES string of the molecule is COc1cc(Br)c(CCNC(=O)c2nn(-c3ccccc3)c(C)cc2=O)cc1OC. The summed E-state index contributed by atoms with van der Waals surface area (Å²) in [5.74, 6) is 0.705. The predicted octanol–water partition coefficient (Wildman–Crippen LogP) is 3.29. The van der Waals surface area contributed by atoms with Gasteiger partial charge in [0.25, 0.3) is 5.91 Å². The van der Waals surface area contributed by atoms with Crippen LogP contribution in [0.5, 0.6) is 11.5 Å². The molecule has 0 radical (unpaired) electrons. The fraction of sp³-hybridized carbons (Fsp3) is 0.227. The van der Waals surface area contributed by atoms with E-state index in [2.05, 4.69) is 26.3 Å². The highest BCUT2D eigenvalue weighted by Gasteiger charge is 2.16. The fourth-order valence-electron chi connectivity index (χ4n) is 3.02. The Balaban J connectivity index is 1.75. The number of ether oxygens (including phenoxy) is 2. The number of carbonyl (C=O) groups is 1. The number of para-hydroxylation sites is 1. The molecule has 7 nitrogen and oxygen atoms in total. The van der Waals surface area contributed by atoms with E-state index in [9.17, 15) is 9.59 Å². The van der Waals surface area contributed by atoms with E-state index in [4.69, 9.17) is 9.47 Å². The first-order valence-electron chi connectivity index (χ1n) is 9.29. The molecule has 0 spiro atoms. The summed E-state index contributed by atoms with van der Waals surface area (Å²) in [6.07, 6.45) is 0.533. The summed E-state index contributed by atoms with van der Waals surface area (Å²) in [5, 5.41) is 7.05. The van der Waals surface area contributed by atoms with Gasteiger partial charge in [0.15, 0.2) is 17.2 Å². The molecule has 3 aromatic rings. The van der Waals surface area contributed by atoms with E-state index in [1.807, 2.05) is 42.5 Å². The van der Waals surface area contributed by atoms with Crippen molar-refractivity contribution in [3.05, 3.63) is 80.2 Å². The van der Waals surface area contributed by atoms with Crippen LogP contribution in [-0.2, 0) is 6.42 Å². The molecule has 0 saturated heterocycles. The molecule has 0 aliphatic carbocycles. The summed E-state index contributed by atoms with van der Waals surface area (Å²) in [6.45, 7) is 2.10. The van der Waals surface area contributed by atoms with E-state index in [-0.39, 0.29) is 5.69 Å². The van der Waals surface area contributed by atoms with Crippen LogP contribution in [0, 0.1) is 6.92 Å². The second-order valence-corrected chi connectivity index (χ2v) is 7.40. The van der Waals surface area contributed by atoms with Gasteiger partial charge in [-0.15, -0.1) is 0 Å². The number of nitrogens with zero attached hydrogens (tertiary/aromatic N) is 2. The number of halogens is 1. The molecular weight excluding hydrogens is 450 g/mol. The minimum atomic E-state index is -0.513. The maximum atomic E-state index is 12.6. The third kappa shape index (κ3) is 4.71. The zero-order valence-corrected chi connectivity index (χ0v) is 18.5. The predicted molar refractivity (Wildman–Crippen MR) is 118 cm³/mol. The Bertz CT molecular complexity index is 1110. The van der Waals surface area contributed by atoms with E-state index < -0.39 is 11.3 Å². The van der Waals surface area contributed by atoms with E-state index >= 15 is 0 Å². The lowest BCUT2D eigenvalue weighted by Crippen LogP contribution is -2.33. The monoisotopic (exact) mass is 471 g/mol. The third-order valence-electron chi connectivity index (χ3n) is 4.56. The van der Waals surface area contributed by atoms with Gasteiger partial charge >= 0.3 is 0 Å². The Morgan fingerprint density at radius 2 is 1.77 bits per heavy atom. The molecule has 0 saturated carbocycles. The number of carbonyl (C=O) groups excluding carboxylic acids is 1. The molecule has 0 aliphatic rings. The van der Waals surface area contributed by atoms with Gasteiger partial charge in [-0.05, 0) is 43.2 Å². The van der Waals surface area contributed by atoms with Crippen molar-refractivity contribution < 1.29 is 14.3 Å². The number of aromatic nitrogens is 2. The molecular formula is C22H22BrN3O4. The Hall–Kier alpha value is -3.13. The van der Waals surface area contributed by atoms with Crippen LogP contribution in [0.3, 0.4) is 0 Å². The van der Waals surface area contributed by atoms with Crippen molar-refractivity contribution in [3.63, 3.8) is 0 Å². The summed E-state index contributed by atoms with van der Waals surface area (Å²) >= 11 is 3.50. The minimum absolute atomic E-state index is 0.143. The van der Waals surface area contributed by atoms with Gasteiger partial charge in [0.2, 0.25) is 5.43 Å². The average Bonchev–Trinajstić information content (AvgIpc) is 2.75. The van der Waals surface area contributed by atoms with Crippen LogP contribution in [0.25, 0.3) is 5.69 Å². The summed E-state index contributed by atoms with van der Waals surface area (Å²) in [5.41, 5.74) is 1.81. The zero-order valence-electron chi connectivity index (χ0n) is 16.9. The Morgan fingerprint density at radius 1 is 1.10 bits per heavy atom. The number of hydrogen-bond donors (Lipinski definition) is 1. The maximum absolute atomic E-state index is 12.6. The number of aryl methyl sites for hydroxylation is 1. The van der Waals surface area contributed by atoms with Gasteiger partial charge < -0.3 is 14.8 Å². The summed E-state index contributed by atoms with van der Waals surface area (Å²) in [6, 6.07) is 14.4. The number of nitrogens with one attached hydrogen (secondary N) is 1. The lowest BCUT2D eigenvalue weighted by molar-refractivity contribution is 0.0946. The fourth-order valence-corrected chi connectivity index (χ4v) is 3.54. The Kier molecular flexibility index (Phi) is 6.89. The van der Waals surface area contributed by atoms with Gasteiger partial charge in [0.1, 0.15) is 0 Å². The largest absolute Gasteiger partial charge is 0.493 e. The normalized spacial score (nSPS) is 10.5. The number of amides is 1. The van der Waals surface area contributed by atoms with Gasteiger partial charge in [-0.2, -0.15) is 5.10 Å². The highest BCUT2D eigenvalue weighted by Crippen LogP contribution is 2.33. The van der Waals surface area contributed by atoms with Crippen molar-refractivity contribution in [1.82, 2.24) is 15.1 Å². The molecule has 3 rings (SSSR count). The number of benzene rings is 2. The molecule has 8 heteroatoms. The second kappa shape index (κ2) is 9.58. The summed E-state index contributed by atoms with van der Waals surface area (Å²) < 4.78 is 13.0. The Labute approximate surface area is 182 Å². The van der Waals surface area contributed by atoms with Crippen LogP contribution < -0.4 is 20.2 Å². The highest BCUT2D eigenvalue weighted by molar-refractivity contribution is 9.10. The van der Waals surface area contributed by atoms with Crippen LogP contribution in [0.2, 0.25) is 0 Å². The molecule has 2 aromatic carbocycles. The molecule has 1 N–H and O–H groups in total. The van der Waals surface area contributed by atoms with Crippen LogP contribution in [0.4, 0.5) is 0 Å². The van der Waals surface area contributed by atoms with Crippen molar-refractivity contribution in [2.24, 2.45) is 0 Å². The van der Waals surface area contributed by atoms with Crippen molar-refractivity contribution in [2.45, 2.75) is 13.3 Å². The first-order valence-corrected chi connectivity index (χ1v) is 10.1. The van der Waals surface area contributed by atoms with Crippen LogP contribution in [-0.4, -0.2) is 36.5 Å². The van der Waals surface area contributed by atoms with Crippen molar-refractivity contribution in [3.8, 4) is 17.2 Å². The van der Waals surface area contributed by atoms with Crippen molar-refractivity contribution in [2.75, 3.05) is 20.8 Å². The molecule has 0 bridgehead atoms. The third-order valence-corrected chi connectivity index (χ3v) is 5.29. The van der Waals surface area contributed by atoms with Crippen LogP contribution in [0.1, 0.15) is 21.7 Å². The van der Waals surface area contributed by atoms with E-state index in [1.165, 1.54) is 6.07 Å². The molecule has 1 heterocycles. The van der Waals surface area contributed by atoms with E-state index in [1.54, 1.807) is 25.8 Å². The number of rotatable bonds is 7. The molecule has 0 unspecified atom stereocenters. The minimum Gasteiger partial charge on any atom is -0.493 e. The molecule has 0 atom stereocenters. The van der Waals surface area contributed by atoms with Gasteiger partial charge in [0, 0.05) is 22.8 Å². The molecule has 1 amide bonds. The number of methoxy groups -OCH3 is 2. The lowest BCUT2D eigenvalue weighted by Gasteiger charge is -2.13. The zero-order chi connectivity index (χ0) is 21.7. The molecule has 0 fully saturated rings. The van der Waals surface area contributed by atoms with Crippen molar-refractivity contribution >= 4 is 21.8 Å². The lowest BCUT2D eigenvalue weighted by atomic mass is 10.1. The first-order chi connectivity index (χ1) is 14.4. The quantitative estimate of drug-likeness (QED) is 0.571. The van der Waals surface area contributed by atoms with Gasteiger partial charge in [-0.3, -0.25) is 9.59 Å². The maximum Gasteiger partial charge on any atom is 0.275 e.